The second-order valence-corrected chi connectivity index (χ2v) is 8.86. The van der Waals surface area contributed by atoms with Crippen molar-refractivity contribution in [3.63, 3.8) is 0 Å². The summed E-state index contributed by atoms with van der Waals surface area (Å²) in [6.45, 7) is 0. The summed E-state index contributed by atoms with van der Waals surface area (Å²) in [6.07, 6.45) is 3.39. The van der Waals surface area contributed by atoms with E-state index in [1.807, 2.05) is 71.4 Å². The summed E-state index contributed by atoms with van der Waals surface area (Å²) >= 11 is 0. The van der Waals surface area contributed by atoms with Crippen LogP contribution < -0.4 is 4.74 Å². The minimum Gasteiger partial charge on any atom is -0.509 e. The molecule has 0 unspecified atom stereocenters. The molecule has 0 bridgehead atoms. The molecule has 4 aromatic carbocycles. The monoisotopic (exact) mass is 670 g/mol. The second-order valence-electron chi connectivity index (χ2n) is 8.86. The van der Waals surface area contributed by atoms with Gasteiger partial charge >= 0.3 is 21.1 Å². The maximum absolute atomic E-state index is 6.28. The zero-order valence-electron chi connectivity index (χ0n) is 19.8. The standard InChI is InChI=1S/C31H17N5O.Pt/c1-2-11-26-23(9-1)25-15-14-22(18-29(25)36-31(26)33-19-34-36)37-21-8-5-7-20(17-21)35-28-13-4-3-10-24(28)27-12-6-16-32-30(27)35;/h1-16,19H;/q-2;+2. The molecular formula is C31H17N5OPt. The van der Waals surface area contributed by atoms with Gasteiger partial charge in [0.15, 0.2) is 5.65 Å². The van der Waals surface area contributed by atoms with Crippen molar-refractivity contribution in [3.05, 3.63) is 116 Å². The molecule has 7 heteroatoms. The molecule has 0 N–H and O–H groups in total. The van der Waals surface area contributed by atoms with Crippen molar-refractivity contribution >= 4 is 49.3 Å². The van der Waals surface area contributed by atoms with Crippen molar-refractivity contribution in [1.29, 1.82) is 0 Å². The Balaban J connectivity index is 0.00000242. The van der Waals surface area contributed by atoms with Crippen molar-refractivity contribution in [2.75, 3.05) is 0 Å². The van der Waals surface area contributed by atoms with Crippen LogP contribution in [0.25, 0.3) is 54.9 Å². The van der Waals surface area contributed by atoms with Crippen LogP contribution in [-0.2, 0) is 21.1 Å². The van der Waals surface area contributed by atoms with Gasteiger partial charge in [-0.1, -0.05) is 53.5 Å². The molecule has 0 aliphatic carbocycles. The van der Waals surface area contributed by atoms with E-state index in [2.05, 4.69) is 62.1 Å². The number of pyridine rings is 2. The van der Waals surface area contributed by atoms with E-state index in [-0.39, 0.29) is 21.1 Å². The first-order valence-electron chi connectivity index (χ1n) is 12.0. The molecule has 8 rings (SSSR count). The first-order valence-corrected chi connectivity index (χ1v) is 12.0. The Labute approximate surface area is 231 Å². The van der Waals surface area contributed by atoms with E-state index in [9.17, 15) is 0 Å². The van der Waals surface area contributed by atoms with Crippen LogP contribution in [0.3, 0.4) is 0 Å². The molecule has 0 aliphatic rings. The Morgan fingerprint density at radius 3 is 2.29 bits per heavy atom. The fourth-order valence-electron chi connectivity index (χ4n) is 5.19. The van der Waals surface area contributed by atoms with E-state index in [0.717, 1.165) is 54.9 Å². The van der Waals surface area contributed by atoms with Gasteiger partial charge in [0.05, 0.1) is 5.52 Å². The minimum atomic E-state index is 0. The van der Waals surface area contributed by atoms with Gasteiger partial charge in [-0.05, 0) is 23.7 Å². The minimum absolute atomic E-state index is 0. The Kier molecular flexibility index (Phi) is 5.24. The van der Waals surface area contributed by atoms with Crippen LogP contribution >= 0.6 is 0 Å². The van der Waals surface area contributed by atoms with Crippen LogP contribution in [0.2, 0.25) is 0 Å². The third-order valence-electron chi connectivity index (χ3n) is 6.76. The average molecular weight is 671 g/mol. The molecule has 0 atom stereocenters. The number of nitrogens with zero attached hydrogens (tertiary/aromatic N) is 5. The summed E-state index contributed by atoms with van der Waals surface area (Å²) in [6, 6.07) is 37.3. The van der Waals surface area contributed by atoms with Gasteiger partial charge in [0.25, 0.3) is 0 Å². The summed E-state index contributed by atoms with van der Waals surface area (Å²) in [5, 5.41) is 9.90. The molecule has 4 aromatic heterocycles. The molecule has 4 heterocycles. The van der Waals surface area contributed by atoms with Gasteiger partial charge in [0.1, 0.15) is 12.0 Å². The van der Waals surface area contributed by atoms with Crippen LogP contribution in [0.15, 0.2) is 104 Å². The number of fused-ring (bicyclic) bond motifs is 9. The van der Waals surface area contributed by atoms with E-state index in [4.69, 9.17) is 4.74 Å². The number of aromatic nitrogens is 5. The molecular weight excluding hydrogens is 653 g/mol. The van der Waals surface area contributed by atoms with Crippen LogP contribution in [0.5, 0.6) is 11.5 Å². The van der Waals surface area contributed by atoms with Gasteiger partial charge in [-0.15, -0.1) is 35.7 Å². The zero-order valence-corrected chi connectivity index (χ0v) is 22.0. The molecule has 182 valence electrons. The summed E-state index contributed by atoms with van der Waals surface area (Å²) in [7, 11) is 0. The largest absolute Gasteiger partial charge is 2.00 e. The van der Waals surface area contributed by atoms with Crippen molar-refractivity contribution in [2.24, 2.45) is 0 Å². The van der Waals surface area contributed by atoms with Gasteiger partial charge < -0.3 is 9.30 Å². The van der Waals surface area contributed by atoms with Crippen LogP contribution in [0.1, 0.15) is 0 Å². The zero-order chi connectivity index (χ0) is 24.3. The van der Waals surface area contributed by atoms with Crippen LogP contribution in [-0.4, -0.2) is 24.1 Å². The smallest absolute Gasteiger partial charge is 0.509 e. The summed E-state index contributed by atoms with van der Waals surface area (Å²) in [5.41, 5.74) is 4.42. The van der Waals surface area contributed by atoms with Gasteiger partial charge in [0, 0.05) is 33.9 Å². The molecule has 0 aliphatic heterocycles. The van der Waals surface area contributed by atoms with E-state index in [0.29, 0.717) is 11.5 Å². The molecule has 6 nitrogen and oxygen atoms in total. The van der Waals surface area contributed by atoms with E-state index in [1.54, 1.807) is 6.33 Å². The SMILES string of the molecule is [Pt+2].[c-]1c(Oc2[c-]c3c(cc2)c2ccccc2c2ncnn32)cccc1-n1c2ccccc2c2cccnc21. The molecule has 0 spiro atoms. The van der Waals surface area contributed by atoms with Gasteiger partial charge in [-0.2, -0.15) is 17.2 Å². The Morgan fingerprint density at radius 1 is 0.605 bits per heavy atom. The van der Waals surface area contributed by atoms with Crippen molar-refractivity contribution in [3.8, 4) is 17.2 Å². The summed E-state index contributed by atoms with van der Waals surface area (Å²) in [4.78, 5) is 9.15. The van der Waals surface area contributed by atoms with Gasteiger partial charge in [0.2, 0.25) is 0 Å². The van der Waals surface area contributed by atoms with E-state index < -0.39 is 0 Å². The summed E-state index contributed by atoms with van der Waals surface area (Å²) < 4.78 is 10.2. The number of rotatable bonds is 3. The first-order chi connectivity index (χ1) is 18.3. The van der Waals surface area contributed by atoms with E-state index >= 15 is 0 Å². The second kappa shape index (κ2) is 8.79. The quantitative estimate of drug-likeness (QED) is 0.151. The molecule has 38 heavy (non-hydrogen) atoms. The van der Waals surface area contributed by atoms with Crippen molar-refractivity contribution in [1.82, 2.24) is 24.1 Å². The Hall–Kier alpha value is -4.54. The third kappa shape index (κ3) is 3.34. The van der Waals surface area contributed by atoms with Crippen molar-refractivity contribution in [2.45, 2.75) is 0 Å². The molecule has 0 fully saturated rings. The molecule has 0 amide bonds. The average Bonchev–Trinajstić information content (AvgIpc) is 3.57. The maximum atomic E-state index is 6.28. The number of benzene rings is 4. The Morgan fingerprint density at radius 2 is 1.37 bits per heavy atom. The topological polar surface area (TPSA) is 57.2 Å². The predicted molar refractivity (Wildman–Crippen MR) is 144 cm³/mol. The summed E-state index contributed by atoms with van der Waals surface area (Å²) in [5.74, 6) is 1.17. The van der Waals surface area contributed by atoms with Crippen LogP contribution in [0.4, 0.5) is 0 Å². The van der Waals surface area contributed by atoms with E-state index in [1.165, 1.54) is 0 Å². The Bertz CT molecular complexity index is 2090. The number of hydrogen-bond donors (Lipinski definition) is 0. The third-order valence-corrected chi connectivity index (χ3v) is 6.76. The maximum Gasteiger partial charge on any atom is 2.00 e. The fraction of sp³-hybridized carbons (Fsp3) is 0. The van der Waals surface area contributed by atoms with Crippen molar-refractivity contribution < 1.29 is 25.8 Å². The molecule has 0 saturated carbocycles. The number of para-hydroxylation sites is 1. The normalized spacial score (nSPS) is 11.5. The number of hydrogen-bond acceptors (Lipinski definition) is 4. The molecule has 0 saturated heterocycles. The van der Waals surface area contributed by atoms with Gasteiger partial charge in [-0.25, -0.2) is 14.5 Å². The first kappa shape index (κ1) is 22.6. The van der Waals surface area contributed by atoms with Gasteiger partial charge in [-0.3, -0.25) is 0 Å². The fourth-order valence-corrected chi connectivity index (χ4v) is 5.19. The molecule has 8 aromatic rings. The number of ether oxygens (including phenoxy) is 1. The molecule has 0 radical (unpaired) electrons. The predicted octanol–water partition coefficient (Wildman–Crippen LogP) is 6.92. The van der Waals surface area contributed by atoms with Crippen LogP contribution in [0, 0.1) is 12.1 Å².